The van der Waals surface area contributed by atoms with Gasteiger partial charge < -0.3 is 5.73 Å². The molecule has 1 unspecified atom stereocenters. The normalized spacial score (nSPS) is 16.3. The molecule has 14 heavy (non-hydrogen) atoms. The largest absolute Gasteiger partial charge is 0.402 e. The molecule has 0 aliphatic heterocycles. The van der Waals surface area contributed by atoms with Crippen LogP contribution in [0.25, 0.3) is 0 Å². The second kappa shape index (κ2) is 7.43. The molecule has 0 aromatic rings. The van der Waals surface area contributed by atoms with Crippen LogP contribution in [0.4, 0.5) is 0 Å². The average molecular weight is 193 g/mol. The molecular weight excluding hydrogens is 170 g/mol. The minimum atomic E-state index is 0.552. The predicted molar refractivity (Wildman–Crippen MR) is 64.9 cm³/mol. The Morgan fingerprint density at radius 1 is 1.29 bits per heavy atom. The molecule has 0 aliphatic carbocycles. The van der Waals surface area contributed by atoms with Crippen LogP contribution >= 0.6 is 0 Å². The number of allylic oxidation sites excluding steroid dienone is 6. The van der Waals surface area contributed by atoms with Crippen molar-refractivity contribution >= 4 is 0 Å². The molecule has 0 amide bonds. The third-order valence-corrected chi connectivity index (χ3v) is 2.47. The summed E-state index contributed by atoms with van der Waals surface area (Å²) in [4.78, 5) is 0. The van der Waals surface area contributed by atoms with Crippen molar-refractivity contribution in [1.29, 1.82) is 0 Å². The fraction of sp³-hybridized carbons (Fsp3) is 0.538. The van der Waals surface area contributed by atoms with E-state index in [-0.39, 0.29) is 0 Å². The molecule has 1 heteroatoms. The van der Waals surface area contributed by atoms with Crippen LogP contribution in [-0.4, -0.2) is 0 Å². The van der Waals surface area contributed by atoms with Gasteiger partial charge in [-0.1, -0.05) is 45.1 Å². The summed E-state index contributed by atoms with van der Waals surface area (Å²) in [7, 11) is 0. The van der Waals surface area contributed by atoms with E-state index in [4.69, 9.17) is 5.73 Å². The topological polar surface area (TPSA) is 26.0 Å². The molecule has 0 aliphatic rings. The monoisotopic (exact) mass is 193 g/mol. The lowest BCUT2D eigenvalue weighted by Crippen LogP contribution is -2.06. The molecule has 2 N–H and O–H groups in total. The molecule has 0 radical (unpaired) electrons. The Morgan fingerprint density at radius 2 is 1.93 bits per heavy atom. The molecule has 0 aromatic carbocycles. The first kappa shape index (κ1) is 13.0. The highest BCUT2D eigenvalue weighted by Gasteiger charge is 2.06. The molecule has 0 fully saturated rings. The molecule has 80 valence electrons. The minimum Gasteiger partial charge on any atom is -0.402 e. The second-order valence-electron chi connectivity index (χ2n) is 3.53. The zero-order chi connectivity index (χ0) is 11.0. The minimum absolute atomic E-state index is 0.552. The van der Waals surface area contributed by atoms with Gasteiger partial charge in [-0.15, -0.1) is 0 Å². The van der Waals surface area contributed by atoms with E-state index in [2.05, 4.69) is 32.9 Å². The van der Waals surface area contributed by atoms with E-state index in [1.165, 1.54) is 5.57 Å². The van der Waals surface area contributed by atoms with Crippen molar-refractivity contribution < 1.29 is 0 Å². The number of hydrogen-bond acceptors (Lipinski definition) is 1. The van der Waals surface area contributed by atoms with E-state index in [1.807, 2.05) is 19.1 Å². The summed E-state index contributed by atoms with van der Waals surface area (Å²) in [6.45, 7) is 8.52. The maximum atomic E-state index is 5.98. The van der Waals surface area contributed by atoms with E-state index in [9.17, 15) is 0 Å². The summed E-state index contributed by atoms with van der Waals surface area (Å²) in [5.41, 5.74) is 8.28. The Bertz CT molecular complexity index is 234. The third kappa shape index (κ3) is 4.31. The maximum Gasteiger partial charge on any atom is 0.0113 e. The smallest absolute Gasteiger partial charge is 0.0113 e. The number of nitrogens with two attached hydrogens (primary N) is 1. The quantitative estimate of drug-likeness (QED) is 0.660. The van der Waals surface area contributed by atoms with Gasteiger partial charge in [0.25, 0.3) is 0 Å². The van der Waals surface area contributed by atoms with Gasteiger partial charge in [0, 0.05) is 5.70 Å². The van der Waals surface area contributed by atoms with Crippen LogP contribution in [0.3, 0.4) is 0 Å². The summed E-state index contributed by atoms with van der Waals surface area (Å²) >= 11 is 0. The highest BCUT2D eigenvalue weighted by atomic mass is 14.6. The van der Waals surface area contributed by atoms with Crippen LogP contribution in [-0.2, 0) is 0 Å². The molecule has 0 aromatic heterocycles. The zero-order valence-corrected chi connectivity index (χ0v) is 9.88. The fourth-order valence-electron chi connectivity index (χ4n) is 1.28. The molecule has 0 saturated heterocycles. The van der Waals surface area contributed by atoms with E-state index in [0.29, 0.717) is 5.92 Å². The summed E-state index contributed by atoms with van der Waals surface area (Å²) in [5.74, 6) is 0.552. The first-order valence-corrected chi connectivity index (χ1v) is 5.45. The molecule has 0 spiro atoms. The first-order chi connectivity index (χ1) is 6.67. The number of rotatable bonds is 5. The van der Waals surface area contributed by atoms with E-state index in [0.717, 1.165) is 18.5 Å². The Morgan fingerprint density at radius 3 is 2.36 bits per heavy atom. The summed E-state index contributed by atoms with van der Waals surface area (Å²) < 4.78 is 0. The van der Waals surface area contributed by atoms with Crippen molar-refractivity contribution in [3.63, 3.8) is 0 Å². The van der Waals surface area contributed by atoms with Crippen LogP contribution < -0.4 is 5.73 Å². The zero-order valence-electron chi connectivity index (χ0n) is 9.88. The van der Waals surface area contributed by atoms with Crippen LogP contribution in [0.2, 0.25) is 0 Å². The molecule has 0 heterocycles. The summed E-state index contributed by atoms with van der Waals surface area (Å²) in [6.07, 6.45) is 10.3. The molecule has 1 atom stereocenters. The fourth-order valence-corrected chi connectivity index (χ4v) is 1.28. The van der Waals surface area contributed by atoms with Crippen LogP contribution in [0.5, 0.6) is 0 Å². The Hall–Kier alpha value is -0.980. The lowest BCUT2D eigenvalue weighted by Gasteiger charge is -2.13. The van der Waals surface area contributed by atoms with Gasteiger partial charge in [0.1, 0.15) is 0 Å². The van der Waals surface area contributed by atoms with Crippen molar-refractivity contribution in [2.75, 3.05) is 0 Å². The second-order valence-corrected chi connectivity index (χ2v) is 3.53. The maximum absolute atomic E-state index is 5.98. The van der Waals surface area contributed by atoms with Crippen LogP contribution in [0, 0.1) is 5.92 Å². The highest BCUT2D eigenvalue weighted by Crippen LogP contribution is 2.19. The first-order valence-electron chi connectivity index (χ1n) is 5.45. The van der Waals surface area contributed by atoms with Gasteiger partial charge in [0.2, 0.25) is 0 Å². The van der Waals surface area contributed by atoms with Crippen molar-refractivity contribution in [2.45, 2.75) is 40.5 Å². The van der Waals surface area contributed by atoms with Crippen molar-refractivity contribution in [2.24, 2.45) is 11.7 Å². The summed E-state index contributed by atoms with van der Waals surface area (Å²) in [6, 6.07) is 0. The van der Waals surface area contributed by atoms with E-state index < -0.39 is 0 Å². The van der Waals surface area contributed by atoms with E-state index in [1.54, 1.807) is 0 Å². The van der Waals surface area contributed by atoms with Crippen LogP contribution in [0.1, 0.15) is 40.5 Å². The highest BCUT2D eigenvalue weighted by molar-refractivity contribution is 5.28. The Labute approximate surface area is 88.4 Å². The standard InChI is InChI=1S/C13H23N/c1-5-8-9-10-12(11(4)6-2)13(14)7-3/h5,8-11H,6-7,14H2,1-4H3/b8-5+,10-9-,13-12+. The molecule has 0 saturated carbocycles. The van der Waals surface area contributed by atoms with Gasteiger partial charge in [-0.25, -0.2) is 0 Å². The van der Waals surface area contributed by atoms with Gasteiger partial charge in [-0.3, -0.25) is 0 Å². The SMILES string of the molecule is C/C=C/C=C\C(=C(/N)CC)C(C)CC. The van der Waals surface area contributed by atoms with Gasteiger partial charge in [-0.2, -0.15) is 0 Å². The third-order valence-electron chi connectivity index (χ3n) is 2.47. The number of hydrogen-bond donors (Lipinski definition) is 1. The average Bonchev–Trinajstić information content (AvgIpc) is 2.22. The Balaban J connectivity index is 4.74. The van der Waals surface area contributed by atoms with Crippen molar-refractivity contribution in [3.8, 4) is 0 Å². The molecular formula is C13H23N. The van der Waals surface area contributed by atoms with Crippen molar-refractivity contribution in [1.82, 2.24) is 0 Å². The Kier molecular flexibility index (Phi) is 6.91. The van der Waals surface area contributed by atoms with Crippen molar-refractivity contribution in [3.05, 3.63) is 35.6 Å². The van der Waals surface area contributed by atoms with Gasteiger partial charge in [-0.05, 0) is 31.3 Å². The molecule has 1 nitrogen and oxygen atoms in total. The van der Waals surface area contributed by atoms with Gasteiger partial charge in [0.15, 0.2) is 0 Å². The molecule has 0 bridgehead atoms. The van der Waals surface area contributed by atoms with Gasteiger partial charge in [0.05, 0.1) is 0 Å². The lowest BCUT2D eigenvalue weighted by molar-refractivity contribution is 0.658. The molecule has 0 rings (SSSR count). The lowest BCUT2D eigenvalue weighted by atomic mass is 9.95. The van der Waals surface area contributed by atoms with Gasteiger partial charge >= 0.3 is 0 Å². The van der Waals surface area contributed by atoms with Crippen LogP contribution in [0.15, 0.2) is 35.6 Å². The van der Waals surface area contributed by atoms with E-state index >= 15 is 0 Å². The summed E-state index contributed by atoms with van der Waals surface area (Å²) in [5, 5.41) is 0. The predicted octanol–water partition coefficient (Wildman–Crippen LogP) is 3.79.